The molecule has 0 saturated heterocycles. The van der Waals surface area contributed by atoms with Crippen molar-refractivity contribution < 1.29 is 29.0 Å². The number of rotatable bonds is 7. The minimum atomic E-state index is -0.871. The molecule has 1 aromatic carbocycles. The normalized spacial score (nSPS) is 30.9. The molecule has 1 amide bonds. The van der Waals surface area contributed by atoms with E-state index in [-0.39, 0.29) is 40.7 Å². The summed E-state index contributed by atoms with van der Waals surface area (Å²) in [5.41, 5.74) is 0.481. The number of benzene rings is 1. The number of carbonyl (C=O) groups is 3. The number of methoxy groups -OCH3 is 1. The highest BCUT2D eigenvalue weighted by molar-refractivity contribution is 5.98. The van der Waals surface area contributed by atoms with Crippen molar-refractivity contribution in [1.29, 1.82) is 5.26 Å². The molecule has 3 fully saturated rings. The molecule has 3 unspecified atom stereocenters. The van der Waals surface area contributed by atoms with E-state index in [0.717, 1.165) is 38.4 Å². The zero-order chi connectivity index (χ0) is 22.8. The Balaban J connectivity index is 1.55. The molecule has 170 valence electrons. The summed E-state index contributed by atoms with van der Waals surface area (Å²) < 4.78 is 11.4. The summed E-state index contributed by atoms with van der Waals surface area (Å²) in [6.07, 6.45) is 6.35. The summed E-state index contributed by atoms with van der Waals surface area (Å²) in [6.45, 7) is 0. The lowest BCUT2D eigenvalue weighted by atomic mass is 9.84. The Morgan fingerprint density at radius 3 is 2.47 bits per heavy atom. The highest BCUT2D eigenvalue weighted by Gasteiger charge is 2.51. The zero-order valence-electron chi connectivity index (χ0n) is 18.1. The summed E-state index contributed by atoms with van der Waals surface area (Å²) in [7, 11) is 1.42. The number of fused-ring (bicyclic) bond motifs is 2. The first-order valence-electron chi connectivity index (χ1n) is 11.2. The Morgan fingerprint density at radius 1 is 1.12 bits per heavy atom. The standard InChI is InChI=1S/C24H28N2O6/c1-31-20-9-16(11-25)19(32-17-6-2-13(12-27)3-7-17)10-18(20)23(28)26-22-15-5-4-14(8-15)21(22)24(29)30/h9-10,12-15,17,21-22H,2-8H2,1H3,(H,26,28)(H,29,30)/t13?,14?,15-,17?,21?,22?/m0/s1. The topological polar surface area (TPSA) is 126 Å². The van der Waals surface area contributed by atoms with Crippen molar-refractivity contribution in [2.24, 2.45) is 23.7 Å². The van der Waals surface area contributed by atoms with Crippen molar-refractivity contribution in [1.82, 2.24) is 5.32 Å². The van der Waals surface area contributed by atoms with Gasteiger partial charge in [0.25, 0.3) is 5.91 Å². The van der Waals surface area contributed by atoms with Gasteiger partial charge in [0.15, 0.2) is 0 Å². The number of aldehydes is 1. The third-order valence-electron chi connectivity index (χ3n) is 7.37. The van der Waals surface area contributed by atoms with Crippen LogP contribution < -0.4 is 14.8 Å². The largest absolute Gasteiger partial charge is 0.496 e. The van der Waals surface area contributed by atoms with Gasteiger partial charge in [0.05, 0.1) is 30.3 Å². The van der Waals surface area contributed by atoms with E-state index in [1.165, 1.54) is 19.2 Å². The zero-order valence-corrected chi connectivity index (χ0v) is 18.1. The first-order valence-corrected chi connectivity index (χ1v) is 11.2. The number of ether oxygens (including phenoxy) is 2. The number of aliphatic carboxylic acids is 1. The summed E-state index contributed by atoms with van der Waals surface area (Å²) in [4.78, 5) is 36.0. The van der Waals surface area contributed by atoms with E-state index in [2.05, 4.69) is 11.4 Å². The third kappa shape index (κ3) is 4.16. The van der Waals surface area contributed by atoms with E-state index in [1.54, 1.807) is 0 Å². The minimum Gasteiger partial charge on any atom is -0.496 e. The fraction of sp³-hybridized carbons (Fsp3) is 0.583. The fourth-order valence-electron chi connectivity index (χ4n) is 5.70. The van der Waals surface area contributed by atoms with Crippen LogP contribution in [0.5, 0.6) is 11.5 Å². The summed E-state index contributed by atoms with van der Waals surface area (Å²) >= 11 is 0. The van der Waals surface area contributed by atoms with Gasteiger partial charge >= 0.3 is 5.97 Å². The van der Waals surface area contributed by atoms with Gasteiger partial charge in [0.1, 0.15) is 23.9 Å². The first-order chi connectivity index (χ1) is 15.4. The van der Waals surface area contributed by atoms with Crippen molar-refractivity contribution in [3.05, 3.63) is 23.3 Å². The molecule has 3 aliphatic rings. The quantitative estimate of drug-likeness (QED) is 0.624. The SMILES string of the molecule is COc1cc(C#N)c(OC2CCC(C=O)CC2)cc1C(=O)NC1C(C(=O)O)C2CC[C@H]1C2. The number of carboxylic acids is 1. The van der Waals surface area contributed by atoms with Crippen LogP contribution in [0.2, 0.25) is 0 Å². The van der Waals surface area contributed by atoms with Gasteiger partial charge < -0.3 is 24.7 Å². The summed E-state index contributed by atoms with van der Waals surface area (Å²) in [5.74, 6) is -1.02. The molecule has 4 rings (SSSR count). The number of amides is 1. The van der Waals surface area contributed by atoms with Gasteiger partial charge in [-0.2, -0.15) is 5.26 Å². The maximum atomic E-state index is 13.2. The first kappa shape index (κ1) is 22.1. The van der Waals surface area contributed by atoms with Crippen molar-refractivity contribution >= 4 is 18.2 Å². The fourth-order valence-corrected chi connectivity index (χ4v) is 5.70. The van der Waals surface area contributed by atoms with Crippen molar-refractivity contribution in [2.45, 2.75) is 57.1 Å². The predicted molar refractivity (Wildman–Crippen MR) is 113 cm³/mol. The van der Waals surface area contributed by atoms with Gasteiger partial charge in [0.2, 0.25) is 0 Å². The second kappa shape index (κ2) is 9.19. The Bertz CT molecular complexity index is 947. The van der Waals surface area contributed by atoms with Crippen LogP contribution in [0.25, 0.3) is 0 Å². The van der Waals surface area contributed by atoms with Gasteiger partial charge in [-0.1, -0.05) is 0 Å². The molecule has 4 atom stereocenters. The molecule has 1 aromatic rings. The third-order valence-corrected chi connectivity index (χ3v) is 7.37. The second-order valence-corrected chi connectivity index (χ2v) is 9.15. The van der Waals surface area contributed by atoms with Gasteiger partial charge in [-0.05, 0) is 62.8 Å². The maximum Gasteiger partial charge on any atom is 0.308 e. The number of carbonyl (C=O) groups excluding carboxylic acids is 2. The number of hydrogen-bond donors (Lipinski definition) is 2. The van der Waals surface area contributed by atoms with Crippen molar-refractivity contribution in [3.63, 3.8) is 0 Å². The van der Waals surface area contributed by atoms with Crippen LogP contribution in [-0.2, 0) is 9.59 Å². The van der Waals surface area contributed by atoms with Crippen LogP contribution in [0.1, 0.15) is 60.9 Å². The highest BCUT2D eigenvalue weighted by atomic mass is 16.5. The van der Waals surface area contributed by atoms with Gasteiger partial charge in [0, 0.05) is 18.0 Å². The number of nitriles is 1. The van der Waals surface area contributed by atoms with E-state index >= 15 is 0 Å². The predicted octanol–water partition coefficient (Wildman–Crippen LogP) is 2.93. The lowest BCUT2D eigenvalue weighted by molar-refractivity contribution is -0.144. The second-order valence-electron chi connectivity index (χ2n) is 9.15. The molecule has 32 heavy (non-hydrogen) atoms. The van der Waals surface area contributed by atoms with Crippen LogP contribution in [0.3, 0.4) is 0 Å². The Morgan fingerprint density at radius 2 is 1.84 bits per heavy atom. The minimum absolute atomic E-state index is 0.0476. The maximum absolute atomic E-state index is 13.2. The molecular formula is C24H28N2O6. The van der Waals surface area contributed by atoms with Gasteiger partial charge in [-0.15, -0.1) is 0 Å². The Hall–Kier alpha value is -3.08. The molecule has 2 bridgehead atoms. The molecule has 0 heterocycles. The van der Waals surface area contributed by atoms with E-state index < -0.39 is 23.8 Å². The van der Waals surface area contributed by atoms with Gasteiger partial charge in [-0.25, -0.2) is 0 Å². The Kier molecular flexibility index (Phi) is 6.35. The molecule has 0 aromatic heterocycles. The van der Waals surface area contributed by atoms with E-state index in [9.17, 15) is 24.8 Å². The van der Waals surface area contributed by atoms with Crippen LogP contribution in [0.4, 0.5) is 0 Å². The lowest BCUT2D eigenvalue weighted by Crippen LogP contribution is -2.46. The molecule has 3 saturated carbocycles. The van der Waals surface area contributed by atoms with Crippen LogP contribution in [0, 0.1) is 35.0 Å². The highest BCUT2D eigenvalue weighted by Crippen LogP contribution is 2.48. The number of nitrogens with one attached hydrogen (secondary N) is 1. The lowest BCUT2D eigenvalue weighted by Gasteiger charge is -2.29. The van der Waals surface area contributed by atoms with Crippen LogP contribution >= 0.6 is 0 Å². The number of hydrogen-bond acceptors (Lipinski definition) is 6. The van der Waals surface area contributed by atoms with E-state index in [4.69, 9.17) is 9.47 Å². The molecule has 0 radical (unpaired) electrons. The summed E-state index contributed by atoms with van der Waals surface area (Å²) in [5, 5.41) is 22.2. The van der Waals surface area contributed by atoms with E-state index in [0.29, 0.717) is 18.6 Å². The monoisotopic (exact) mass is 440 g/mol. The van der Waals surface area contributed by atoms with Gasteiger partial charge in [-0.3, -0.25) is 9.59 Å². The number of carboxylic acid groups (broad SMARTS) is 1. The smallest absolute Gasteiger partial charge is 0.308 e. The van der Waals surface area contributed by atoms with E-state index in [1.807, 2.05) is 0 Å². The molecule has 3 aliphatic carbocycles. The summed E-state index contributed by atoms with van der Waals surface area (Å²) in [6, 6.07) is 4.68. The van der Waals surface area contributed by atoms with Crippen LogP contribution in [0.15, 0.2) is 12.1 Å². The van der Waals surface area contributed by atoms with Crippen molar-refractivity contribution in [3.8, 4) is 17.6 Å². The Labute approximate surface area is 186 Å². The molecular weight excluding hydrogens is 412 g/mol. The molecule has 0 spiro atoms. The molecule has 2 N–H and O–H groups in total. The molecule has 8 nitrogen and oxygen atoms in total. The average molecular weight is 440 g/mol. The van der Waals surface area contributed by atoms with Crippen LogP contribution in [-0.4, -0.2) is 42.5 Å². The van der Waals surface area contributed by atoms with Crippen molar-refractivity contribution in [2.75, 3.05) is 7.11 Å². The average Bonchev–Trinajstić information content (AvgIpc) is 3.41. The molecule has 0 aliphatic heterocycles. The number of nitrogens with zero attached hydrogens (tertiary/aromatic N) is 1. The molecule has 8 heteroatoms.